The molecule has 5 nitrogen and oxygen atoms in total. The van der Waals surface area contributed by atoms with Crippen LogP contribution in [0.25, 0.3) is 0 Å². The zero-order valence-corrected chi connectivity index (χ0v) is 14.2. The minimum atomic E-state index is -0.883. The number of methoxy groups -OCH3 is 1. The summed E-state index contributed by atoms with van der Waals surface area (Å²) in [6.45, 7) is 1.03. The van der Waals surface area contributed by atoms with E-state index in [1.807, 2.05) is 0 Å². The van der Waals surface area contributed by atoms with E-state index < -0.39 is 23.1 Å². The number of carbonyl (C=O) groups excluding carboxylic acids is 2. The van der Waals surface area contributed by atoms with Crippen molar-refractivity contribution in [3.8, 4) is 5.75 Å². The molecule has 0 saturated carbocycles. The molecule has 2 amide bonds. The van der Waals surface area contributed by atoms with Crippen molar-refractivity contribution < 1.29 is 23.1 Å². The summed E-state index contributed by atoms with van der Waals surface area (Å²) in [5.41, 5.74) is -0.0341. The summed E-state index contributed by atoms with van der Waals surface area (Å²) in [4.78, 5) is 27.9. The molecule has 136 valence electrons. The molecule has 0 bridgehead atoms. The highest BCUT2D eigenvalue weighted by atomic mass is 19.1. The lowest BCUT2D eigenvalue weighted by Gasteiger charge is -2.35. The van der Waals surface area contributed by atoms with E-state index in [0.29, 0.717) is 24.4 Å². The highest BCUT2D eigenvalue weighted by molar-refractivity contribution is 5.96. The van der Waals surface area contributed by atoms with Crippen molar-refractivity contribution in [3.05, 3.63) is 65.2 Å². The van der Waals surface area contributed by atoms with Crippen molar-refractivity contribution in [1.29, 1.82) is 0 Å². The fraction of sp³-hybridized carbons (Fsp3) is 0.263. The van der Waals surface area contributed by atoms with Gasteiger partial charge < -0.3 is 14.5 Å². The van der Waals surface area contributed by atoms with Crippen molar-refractivity contribution in [2.24, 2.45) is 0 Å². The Morgan fingerprint density at radius 3 is 1.85 bits per heavy atom. The number of hydrogen-bond donors (Lipinski definition) is 0. The van der Waals surface area contributed by atoms with Crippen molar-refractivity contribution >= 4 is 11.8 Å². The Balaban J connectivity index is 1.65. The molecule has 1 saturated heterocycles. The van der Waals surface area contributed by atoms with Gasteiger partial charge in [0.25, 0.3) is 11.8 Å². The summed E-state index contributed by atoms with van der Waals surface area (Å²) in [5.74, 6) is -1.96. The molecule has 1 fully saturated rings. The van der Waals surface area contributed by atoms with Crippen LogP contribution in [-0.4, -0.2) is 54.9 Å². The van der Waals surface area contributed by atoms with Gasteiger partial charge in [-0.2, -0.15) is 0 Å². The minimum absolute atomic E-state index is 0.156. The molecular formula is C19H18F2N2O3. The maximum absolute atomic E-state index is 13.8. The van der Waals surface area contributed by atoms with Crippen LogP contribution in [0.15, 0.2) is 42.5 Å². The van der Waals surface area contributed by atoms with Crippen LogP contribution in [0, 0.1) is 11.6 Å². The molecule has 0 spiro atoms. The lowest BCUT2D eigenvalue weighted by molar-refractivity contribution is 0.0530. The van der Waals surface area contributed by atoms with E-state index in [9.17, 15) is 18.4 Å². The van der Waals surface area contributed by atoms with Crippen LogP contribution in [0.2, 0.25) is 0 Å². The number of halogens is 2. The molecule has 3 rings (SSSR count). The second-order valence-corrected chi connectivity index (χ2v) is 5.91. The fourth-order valence-corrected chi connectivity index (χ4v) is 2.89. The summed E-state index contributed by atoms with van der Waals surface area (Å²) >= 11 is 0. The van der Waals surface area contributed by atoms with Crippen LogP contribution in [0.3, 0.4) is 0 Å². The smallest absolute Gasteiger partial charge is 0.259 e. The Bertz CT molecular complexity index is 796. The van der Waals surface area contributed by atoms with Crippen LogP contribution < -0.4 is 4.74 Å². The summed E-state index contributed by atoms with van der Waals surface area (Å²) in [6, 6.07) is 10.1. The first-order valence-corrected chi connectivity index (χ1v) is 8.18. The predicted octanol–water partition coefficient (Wildman–Crippen LogP) is 2.57. The van der Waals surface area contributed by atoms with Crippen LogP contribution in [0.5, 0.6) is 5.75 Å². The van der Waals surface area contributed by atoms with Gasteiger partial charge in [-0.05, 0) is 36.4 Å². The monoisotopic (exact) mass is 360 g/mol. The number of carbonyl (C=O) groups is 2. The molecule has 0 N–H and O–H groups in total. The number of hydrogen-bond acceptors (Lipinski definition) is 3. The largest absolute Gasteiger partial charge is 0.497 e. The number of amides is 2. The lowest BCUT2D eigenvalue weighted by atomic mass is 10.1. The van der Waals surface area contributed by atoms with Gasteiger partial charge in [0.1, 0.15) is 22.9 Å². The van der Waals surface area contributed by atoms with Gasteiger partial charge in [-0.3, -0.25) is 9.59 Å². The quantitative estimate of drug-likeness (QED) is 0.845. The first-order valence-electron chi connectivity index (χ1n) is 8.18. The number of rotatable bonds is 3. The molecule has 1 aliphatic heterocycles. The molecular weight excluding hydrogens is 342 g/mol. The van der Waals surface area contributed by atoms with Gasteiger partial charge in [-0.1, -0.05) is 6.07 Å². The molecule has 0 atom stereocenters. The lowest BCUT2D eigenvalue weighted by Crippen LogP contribution is -2.50. The standard InChI is InChI=1S/C19H18F2N2O3/c1-26-14-7-5-13(6-8-14)18(24)22-9-11-23(12-10-22)19(25)17-15(20)3-2-4-16(17)21/h2-8H,9-12H2,1H3. The third kappa shape index (κ3) is 3.51. The zero-order chi connectivity index (χ0) is 18.7. The first-order chi connectivity index (χ1) is 12.5. The van der Waals surface area contributed by atoms with Gasteiger partial charge in [-0.25, -0.2) is 8.78 Å². The summed E-state index contributed by atoms with van der Waals surface area (Å²) in [5, 5.41) is 0. The highest BCUT2D eigenvalue weighted by Gasteiger charge is 2.28. The SMILES string of the molecule is COc1ccc(C(=O)N2CCN(C(=O)c3c(F)cccc3F)CC2)cc1. The van der Waals surface area contributed by atoms with Crippen molar-refractivity contribution in [2.75, 3.05) is 33.3 Å². The molecule has 0 aliphatic carbocycles. The minimum Gasteiger partial charge on any atom is -0.497 e. The van der Waals surface area contributed by atoms with Gasteiger partial charge in [0.05, 0.1) is 7.11 Å². The molecule has 26 heavy (non-hydrogen) atoms. The Morgan fingerprint density at radius 2 is 1.35 bits per heavy atom. The van der Waals surface area contributed by atoms with Gasteiger partial charge in [-0.15, -0.1) is 0 Å². The van der Waals surface area contributed by atoms with E-state index >= 15 is 0 Å². The third-order valence-electron chi connectivity index (χ3n) is 4.37. The average Bonchev–Trinajstić information content (AvgIpc) is 2.67. The third-order valence-corrected chi connectivity index (χ3v) is 4.37. The Hall–Kier alpha value is -2.96. The molecule has 0 unspecified atom stereocenters. The molecule has 0 aromatic heterocycles. The van der Waals surface area contributed by atoms with Gasteiger partial charge in [0.2, 0.25) is 0 Å². The van der Waals surface area contributed by atoms with E-state index in [2.05, 4.69) is 0 Å². The van der Waals surface area contributed by atoms with Crippen molar-refractivity contribution in [1.82, 2.24) is 9.80 Å². The zero-order valence-electron chi connectivity index (χ0n) is 14.2. The van der Waals surface area contributed by atoms with Gasteiger partial charge in [0.15, 0.2) is 0 Å². The van der Waals surface area contributed by atoms with Crippen molar-refractivity contribution in [2.45, 2.75) is 0 Å². The van der Waals surface area contributed by atoms with E-state index in [1.54, 1.807) is 36.3 Å². The van der Waals surface area contributed by atoms with E-state index in [1.165, 1.54) is 11.0 Å². The first kappa shape index (κ1) is 17.8. The topological polar surface area (TPSA) is 49.9 Å². The fourth-order valence-electron chi connectivity index (χ4n) is 2.89. The summed E-state index contributed by atoms with van der Waals surface area (Å²) in [6.07, 6.45) is 0. The molecule has 1 heterocycles. The van der Waals surface area contributed by atoms with Crippen LogP contribution in [-0.2, 0) is 0 Å². The maximum Gasteiger partial charge on any atom is 0.259 e. The van der Waals surface area contributed by atoms with E-state index in [-0.39, 0.29) is 19.0 Å². The van der Waals surface area contributed by atoms with Crippen LogP contribution >= 0.6 is 0 Å². The Labute approximate surface area is 149 Å². The van der Waals surface area contributed by atoms with Crippen LogP contribution in [0.1, 0.15) is 20.7 Å². The van der Waals surface area contributed by atoms with Crippen molar-refractivity contribution in [3.63, 3.8) is 0 Å². The van der Waals surface area contributed by atoms with E-state index in [0.717, 1.165) is 12.1 Å². The molecule has 2 aromatic rings. The summed E-state index contributed by atoms with van der Waals surface area (Å²) < 4.78 is 32.6. The molecule has 0 radical (unpaired) electrons. The maximum atomic E-state index is 13.8. The van der Waals surface area contributed by atoms with E-state index in [4.69, 9.17) is 4.74 Å². The average molecular weight is 360 g/mol. The number of piperazine rings is 1. The molecule has 2 aromatic carbocycles. The summed E-state index contributed by atoms with van der Waals surface area (Å²) in [7, 11) is 1.55. The second-order valence-electron chi connectivity index (χ2n) is 5.91. The Kier molecular flexibility index (Phi) is 5.16. The second kappa shape index (κ2) is 7.51. The number of ether oxygens (including phenoxy) is 1. The Morgan fingerprint density at radius 1 is 0.846 bits per heavy atom. The predicted molar refractivity (Wildman–Crippen MR) is 91.2 cm³/mol. The number of benzene rings is 2. The van der Waals surface area contributed by atoms with Gasteiger partial charge >= 0.3 is 0 Å². The number of nitrogens with zero attached hydrogens (tertiary/aromatic N) is 2. The molecule has 1 aliphatic rings. The van der Waals surface area contributed by atoms with Crippen LogP contribution in [0.4, 0.5) is 8.78 Å². The molecule has 7 heteroatoms. The highest BCUT2D eigenvalue weighted by Crippen LogP contribution is 2.18. The normalized spacial score (nSPS) is 14.3. The van der Waals surface area contributed by atoms with Gasteiger partial charge in [0, 0.05) is 31.7 Å².